The number of rotatable bonds is 4. The Balaban J connectivity index is 1.82. The smallest absolute Gasteiger partial charge is 0.267 e. The quantitative estimate of drug-likeness (QED) is 0.634. The molecule has 3 aromatic rings. The zero-order valence-corrected chi connectivity index (χ0v) is 15.7. The highest BCUT2D eigenvalue weighted by Gasteiger charge is 2.11. The van der Waals surface area contributed by atoms with E-state index in [1.807, 2.05) is 63.2 Å². The highest BCUT2D eigenvalue weighted by atomic mass is 35.5. The Morgan fingerprint density at radius 3 is 2.50 bits per heavy atom. The lowest BCUT2D eigenvalue weighted by Gasteiger charge is -2.11. The molecule has 0 aliphatic heterocycles. The maximum atomic E-state index is 12.4. The molecule has 0 aliphatic carbocycles. The third kappa shape index (κ3) is 3.86. The predicted molar refractivity (Wildman–Crippen MR) is 107 cm³/mol. The van der Waals surface area contributed by atoms with E-state index in [9.17, 15) is 4.79 Å². The average Bonchev–Trinajstić information content (AvgIpc) is 2.91. The maximum absolute atomic E-state index is 12.4. The lowest BCUT2D eigenvalue weighted by atomic mass is 10.2. The van der Waals surface area contributed by atoms with Gasteiger partial charge in [0.15, 0.2) is 0 Å². The van der Waals surface area contributed by atoms with Crippen molar-refractivity contribution in [3.05, 3.63) is 87.7 Å². The number of aliphatic imine (C=N–C) groups is 1. The van der Waals surface area contributed by atoms with E-state index in [4.69, 9.17) is 11.6 Å². The molecule has 0 radical (unpaired) electrons. The molecule has 1 heterocycles. The molecule has 0 spiro atoms. The van der Waals surface area contributed by atoms with Gasteiger partial charge in [-0.1, -0.05) is 35.9 Å². The Kier molecular flexibility index (Phi) is 5.24. The van der Waals surface area contributed by atoms with Crippen LogP contribution in [0.1, 0.15) is 32.9 Å². The van der Waals surface area contributed by atoms with Crippen molar-refractivity contribution in [2.45, 2.75) is 20.8 Å². The van der Waals surface area contributed by atoms with Gasteiger partial charge < -0.3 is 0 Å². The number of aromatic nitrogens is 1. The highest BCUT2D eigenvalue weighted by molar-refractivity contribution is 6.31. The number of aryl methyl sites for hydroxylation is 2. The van der Waals surface area contributed by atoms with Crippen molar-refractivity contribution in [1.82, 2.24) is 4.68 Å². The van der Waals surface area contributed by atoms with Crippen molar-refractivity contribution >= 4 is 29.4 Å². The van der Waals surface area contributed by atoms with Gasteiger partial charge in [0.1, 0.15) is 0 Å². The fraction of sp³-hybridized carbons (Fsp3) is 0.143. The second-order valence-corrected chi connectivity index (χ2v) is 6.57. The third-order valence-corrected chi connectivity index (χ3v) is 4.63. The Hall–Kier alpha value is -2.85. The minimum atomic E-state index is -0.152. The number of halogens is 1. The highest BCUT2D eigenvalue weighted by Crippen LogP contribution is 2.22. The molecule has 1 amide bonds. The van der Waals surface area contributed by atoms with E-state index < -0.39 is 0 Å². The van der Waals surface area contributed by atoms with E-state index in [1.54, 1.807) is 23.0 Å². The summed E-state index contributed by atoms with van der Waals surface area (Å²) in [5, 5.41) is 0.695. The molecule has 0 unspecified atom stereocenters. The number of hydrogen-bond acceptors (Lipinski definition) is 2. The molecule has 2 aromatic carbocycles. The van der Waals surface area contributed by atoms with Gasteiger partial charge in [-0.25, -0.2) is 0 Å². The van der Waals surface area contributed by atoms with Crippen molar-refractivity contribution in [3.63, 3.8) is 0 Å². The van der Waals surface area contributed by atoms with E-state index in [0.717, 1.165) is 28.2 Å². The summed E-state index contributed by atoms with van der Waals surface area (Å²) in [7, 11) is 0. The molecule has 0 atom stereocenters. The normalized spacial score (nSPS) is 11.1. The summed E-state index contributed by atoms with van der Waals surface area (Å²) in [4.78, 5) is 16.9. The van der Waals surface area contributed by atoms with Gasteiger partial charge in [-0.3, -0.25) is 19.9 Å². The number of carbonyl (C=O) groups is 1. The molecule has 26 heavy (non-hydrogen) atoms. The molecule has 3 rings (SSSR count). The summed E-state index contributed by atoms with van der Waals surface area (Å²) in [5.74, 6) is -0.152. The summed E-state index contributed by atoms with van der Waals surface area (Å²) < 4.78 is 1.78. The number of benzene rings is 2. The maximum Gasteiger partial charge on any atom is 0.270 e. The Morgan fingerprint density at radius 1 is 1.08 bits per heavy atom. The van der Waals surface area contributed by atoms with E-state index in [2.05, 4.69) is 10.4 Å². The van der Waals surface area contributed by atoms with Crippen LogP contribution >= 0.6 is 11.6 Å². The molecular formula is C21H20ClN3O. The van der Waals surface area contributed by atoms with E-state index in [1.165, 1.54) is 0 Å². The predicted octanol–water partition coefficient (Wildman–Crippen LogP) is 5.20. The zero-order valence-electron chi connectivity index (χ0n) is 15.0. The SMILES string of the molecule is Cc1ccc(N=Cc2cc(C)n(NC(=O)c3ccccc3)c2C)cc1Cl. The Labute approximate surface area is 158 Å². The van der Waals surface area contributed by atoms with Gasteiger partial charge in [-0.2, -0.15) is 0 Å². The van der Waals surface area contributed by atoms with Crippen molar-refractivity contribution in [1.29, 1.82) is 0 Å². The molecule has 0 fully saturated rings. The first-order valence-electron chi connectivity index (χ1n) is 8.31. The standard InChI is InChI=1S/C21H20ClN3O/c1-14-9-10-19(12-20(14)22)23-13-18-11-15(2)25(16(18)3)24-21(26)17-7-5-4-6-8-17/h4-13H,1-3H3,(H,24,26). The Bertz CT molecular complexity index is 974. The average molecular weight is 366 g/mol. The van der Waals surface area contributed by atoms with Crippen molar-refractivity contribution < 1.29 is 4.79 Å². The van der Waals surface area contributed by atoms with Crippen LogP contribution < -0.4 is 5.43 Å². The molecule has 132 valence electrons. The number of carbonyl (C=O) groups excluding carboxylic acids is 1. The van der Waals surface area contributed by atoms with Crippen LogP contribution in [0.15, 0.2) is 59.6 Å². The van der Waals surface area contributed by atoms with Crippen LogP contribution in [-0.2, 0) is 0 Å². The summed E-state index contributed by atoms with van der Waals surface area (Å²) in [6.45, 7) is 5.85. The molecule has 0 bridgehead atoms. The van der Waals surface area contributed by atoms with Crippen LogP contribution in [0.2, 0.25) is 5.02 Å². The van der Waals surface area contributed by atoms with Gasteiger partial charge in [0.25, 0.3) is 5.91 Å². The molecule has 1 aromatic heterocycles. The number of amides is 1. The monoisotopic (exact) mass is 365 g/mol. The first-order chi connectivity index (χ1) is 12.5. The largest absolute Gasteiger partial charge is 0.270 e. The van der Waals surface area contributed by atoms with E-state index in [-0.39, 0.29) is 5.91 Å². The zero-order chi connectivity index (χ0) is 18.7. The van der Waals surface area contributed by atoms with Gasteiger partial charge in [-0.05, 0) is 56.7 Å². The number of hydrogen-bond donors (Lipinski definition) is 1. The van der Waals surface area contributed by atoms with Gasteiger partial charge in [-0.15, -0.1) is 0 Å². The summed E-state index contributed by atoms with van der Waals surface area (Å²) in [6.07, 6.45) is 1.79. The molecule has 5 heteroatoms. The number of nitrogens with one attached hydrogen (secondary N) is 1. The Morgan fingerprint density at radius 2 is 1.81 bits per heavy atom. The molecule has 0 saturated carbocycles. The molecule has 4 nitrogen and oxygen atoms in total. The van der Waals surface area contributed by atoms with Crippen LogP contribution in [0.5, 0.6) is 0 Å². The number of nitrogens with zero attached hydrogens (tertiary/aromatic N) is 2. The van der Waals surface area contributed by atoms with E-state index >= 15 is 0 Å². The minimum absolute atomic E-state index is 0.152. The third-order valence-electron chi connectivity index (χ3n) is 4.23. The van der Waals surface area contributed by atoms with Crippen LogP contribution in [0.3, 0.4) is 0 Å². The van der Waals surface area contributed by atoms with Gasteiger partial charge in [0, 0.05) is 33.8 Å². The minimum Gasteiger partial charge on any atom is -0.267 e. The molecular weight excluding hydrogens is 346 g/mol. The van der Waals surface area contributed by atoms with Gasteiger partial charge in [0.2, 0.25) is 0 Å². The lowest BCUT2D eigenvalue weighted by Crippen LogP contribution is -2.24. The fourth-order valence-corrected chi connectivity index (χ4v) is 2.83. The molecule has 1 N–H and O–H groups in total. The summed E-state index contributed by atoms with van der Waals surface area (Å²) >= 11 is 6.15. The van der Waals surface area contributed by atoms with Crippen LogP contribution in [0.4, 0.5) is 5.69 Å². The van der Waals surface area contributed by atoms with E-state index in [0.29, 0.717) is 10.6 Å². The lowest BCUT2D eigenvalue weighted by molar-refractivity contribution is 0.101. The van der Waals surface area contributed by atoms with Crippen molar-refractivity contribution in [3.8, 4) is 0 Å². The van der Waals surface area contributed by atoms with Crippen LogP contribution in [-0.4, -0.2) is 16.8 Å². The van der Waals surface area contributed by atoms with Crippen LogP contribution in [0.25, 0.3) is 0 Å². The second-order valence-electron chi connectivity index (χ2n) is 6.16. The van der Waals surface area contributed by atoms with Crippen molar-refractivity contribution in [2.24, 2.45) is 4.99 Å². The summed E-state index contributed by atoms with van der Waals surface area (Å²) in [6, 6.07) is 16.8. The molecule has 0 aliphatic rings. The second kappa shape index (κ2) is 7.58. The fourth-order valence-electron chi connectivity index (χ4n) is 2.65. The van der Waals surface area contributed by atoms with Crippen molar-refractivity contribution in [2.75, 3.05) is 5.43 Å². The van der Waals surface area contributed by atoms with Gasteiger partial charge in [0.05, 0.1) is 5.69 Å². The topological polar surface area (TPSA) is 46.4 Å². The first-order valence-corrected chi connectivity index (χ1v) is 8.69. The van der Waals surface area contributed by atoms with Gasteiger partial charge >= 0.3 is 0 Å². The molecule has 0 saturated heterocycles. The van der Waals surface area contributed by atoms with Crippen LogP contribution in [0, 0.1) is 20.8 Å². The summed E-state index contributed by atoms with van der Waals surface area (Å²) in [5.41, 5.74) is 8.13. The first kappa shape index (κ1) is 18.0.